The molecule has 214 valence electrons. The number of amides is 1. The molecule has 0 radical (unpaired) electrons. The summed E-state index contributed by atoms with van der Waals surface area (Å²) < 4.78 is 56.3. The van der Waals surface area contributed by atoms with E-state index in [-0.39, 0.29) is 60.7 Å². The predicted octanol–water partition coefficient (Wildman–Crippen LogP) is 6.27. The van der Waals surface area contributed by atoms with Crippen LogP contribution in [-0.4, -0.2) is 62.2 Å². The summed E-state index contributed by atoms with van der Waals surface area (Å²) in [6, 6.07) is -0.760. The molecule has 1 amide bonds. The minimum atomic E-state index is -4.96. The van der Waals surface area contributed by atoms with Crippen LogP contribution in [-0.2, 0) is 11.0 Å². The maximum absolute atomic E-state index is 14.3. The summed E-state index contributed by atoms with van der Waals surface area (Å²) in [6.07, 6.45) is -0.436. The molecule has 0 saturated heterocycles. The predicted molar refractivity (Wildman–Crippen MR) is 135 cm³/mol. The topological polar surface area (TPSA) is 105 Å². The van der Waals surface area contributed by atoms with Crippen LogP contribution in [0.15, 0.2) is 18.6 Å². The van der Waals surface area contributed by atoms with Crippen molar-refractivity contribution in [2.45, 2.75) is 64.1 Å². The first kappa shape index (κ1) is 30.8. The number of aromatic nitrogens is 3. The number of halogens is 6. The molecule has 2 aromatic heterocycles. The van der Waals surface area contributed by atoms with E-state index in [2.05, 4.69) is 10.1 Å². The molecule has 14 heteroatoms. The van der Waals surface area contributed by atoms with E-state index in [1.54, 1.807) is 6.92 Å². The monoisotopic (exact) mass is 594 g/mol. The van der Waals surface area contributed by atoms with Crippen molar-refractivity contribution in [2.75, 3.05) is 19.8 Å². The molecule has 0 aliphatic heterocycles. The van der Waals surface area contributed by atoms with Gasteiger partial charge >= 0.3 is 12.1 Å². The SMILES string of the molecule is CC1(C(=O)O)CCC(n2ncc(C(=O)N(CCCCCF)CC(=O)c3c(Cl)cncc3Cl)c2C(F)(F)F)CC1. The van der Waals surface area contributed by atoms with Gasteiger partial charge in [-0.25, -0.2) is 0 Å². The third-order valence-electron chi connectivity index (χ3n) is 7.03. The number of carboxylic acids is 1. The van der Waals surface area contributed by atoms with E-state index in [0.29, 0.717) is 6.42 Å². The zero-order valence-electron chi connectivity index (χ0n) is 21.1. The molecule has 0 bridgehead atoms. The molecule has 0 spiro atoms. The van der Waals surface area contributed by atoms with E-state index in [1.165, 1.54) is 12.4 Å². The van der Waals surface area contributed by atoms with Gasteiger partial charge in [0.2, 0.25) is 0 Å². The maximum atomic E-state index is 14.3. The Morgan fingerprint density at radius 2 is 1.72 bits per heavy atom. The molecule has 3 rings (SSSR count). The summed E-state index contributed by atoms with van der Waals surface area (Å²) in [5.74, 6) is -2.79. The Bertz CT molecular complexity index is 1190. The fourth-order valence-electron chi connectivity index (χ4n) is 4.70. The number of aliphatic carboxylic acids is 1. The van der Waals surface area contributed by atoms with Gasteiger partial charge in [0.15, 0.2) is 11.5 Å². The molecule has 1 fully saturated rings. The molecule has 1 saturated carbocycles. The second-order valence-corrected chi connectivity index (χ2v) is 10.6. The van der Waals surface area contributed by atoms with Crippen LogP contribution < -0.4 is 0 Å². The third-order valence-corrected chi connectivity index (χ3v) is 7.60. The van der Waals surface area contributed by atoms with E-state index < -0.39 is 59.8 Å². The second kappa shape index (κ2) is 12.6. The van der Waals surface area contributed by atoms with E-state index in [9.17, 15) is 37.1 Å². The van der Waals surface area contributed by atoms with Crippen LogP contribution in [0.1, 0.15) is 84.3 Å². The minimum absolute atomic E-state index is 0.0770. The van der Waals surface area contributed by atoms with Gasteiger partial charge in [-0.1, -0.05) is 23.2 Å². The number of alkyl halides is 4. The van der Waals surface area contributed by atoms with Crippen molar-refractivity contribution in [3.05, 3.63) is 45.5 Å². The van der Waals surface area contributed by atoms with Crippen molar-refractivity contribution in [1.82, 2.24) is 19.7 Å². The lowest BCUT2D eigenvalue weighted by Crippen LogP contribution is -2.38. The van der Waals surface area contributed by atoms with E-state index in [0.717, 1.165) is 15.8 Å². The average Bonchev–Trinajstić information content (AvgIpc) is 3.32. The van der Waals surface area contributed by atoms with Crippen molar-refractivity contribution < 1.29 is 37.1 Å². The van der Waals surface area contributed by atoms with Crippen LogP contribution in [0.2, 0.25) is 10.0 Å². The number of Topliss-reactive ketones (excluding diaryl/α,β-unsaturated/α-hetero) is 1. The number of carbonyl (C=O) groups excluding carboxylic acids is 2. The first-order valence-electron chi connectivity index (χ1n) is 12.4. The zero-order chi connectivity index (χ0) is 29.0. The Morgan fingerprint density at radius 3 is 2.26 bits per heavy atom. The van der Waals surface area contributed by atoms with Crippen molar-refractivity contribution in [1.29, 1.82) is 0 Å². The van der Waals surface area contributed by atoms with Crippen LogP contribution in [0.4, 0.5) is 17.6 Å². The van der Waals surface area contributed by atoms with E-state index >= 15 is 0 Å². The zero-order valence-corrected chi connectivity index (χ0v) is 22.6. The Hall–Kier alpha value is -2.73. The highest BCUT2D eigenvalue weighted by molar-refractivity contribution is 6.39. The average molecular weight is 595 g/mol. The molecule has 39 heavy (non-hydrogen) atoms. The molecule has 1 N–H and O–H groups in total. The normalized spacial score (nSPS) is 19.6. The van der Waals surface area contributed by atoms with Crippen molar-refractivity contribution in [2.24, 2.45) is 5.41 Å². The molecule has 0 aromatic carbocycles. The summed E-state index contributed by atoms with van der Waals surface area (Å²) in [4.78, 5) is 42.8. The number of pyridine rings is 1. The lowest BCUT2D eigenvalue weighted by Gasteiger charge is -2.34. The first-order valence-corrected chi connectivity index (χ1v) is 13.1. The van der Waals surface area contributed by atoms with Gasteiger partial charge < -0.3 is 10.0 Å². The number of ketones is 1. The Labute approximate surface area is 232 Å². The molecule has 2 aromatic rings. The highest BCUT2D eigenvalue weighted by Crippen LogP contribution is 2.43. The standard InChI is InChI=1S/C25H28Cl2F4N4O4/c1-24(23(38)39)7-5-15(6-8-24)35-21(25(29,30)31)16(11-33-35)22(37)34(10-4-2-3-9-28)14-19(36)20-17(26)12-32-13-18(20)27/h11-13,15H,2-10,14H2,1H3,(H,38,39). The molecule has 8 nitrogen and oxygen atoms in total. The number of carboxylic acid groups (broad SMARTS) is 1. The Morgan fingerprint density at radius 1 is 1.10 bits per heavy atom. The summed E-state index contributed by atoms with van der Waals surface area (Å²) in [5.41, 5.74) is -3.17. The van der Waals surface area contributed by atoms with Crippen LogP contribution in [0.3, 0.4) is 0 Å². The second-order valence-electron chi connectivity index (χ2n) is 9.82. The van der Waals surface area contributed by atoms with Crippen molar-refractivity contribution in [3.8, 4) is 0 Å². The lowest BCUT2D eigenvalue weighted by molar-refractivity contribution is -0.152. The first-order chi connectivity index (χ1) is 18.3. The highest BCUT2D eigenvalue weighted by atomic mass is 35.5. The Kier molecular flexibility index (Phi) is 9.98. The van der Waals surface area contributed by atoms with Gasteiger partial charge in [0, 0.05) is 18.9 Å². The summed E-state index contributed by atoms with van der Waals surface area (Å²) in [6.45, 7) is 0.213. The van der Waals surface area contributed by atoms with Gasteiger partial charge in [-0.2, -0.15) is 18.3 Å². The number of unbranched alkanes of at least 4 members (excludes halogenated alkanes) is 2. The van der Waals surface area contributed by atoms with Gasteiger partial charge in [0.05, 0.1) is 52.0 Å². The van der Waals surface area contributed by atoms with Crippen LogP contribution in [0, 0.1) is 5.41 Å². The van der Waals surface area contributed by atoms with Crippen molar-refractivity contribution in [3.63, 3.8) is 0 Å². The molecular weight excluding hydrogens is 567 g/mol. The lowest BCUT2D eigenvalue weighted by atomic mass is 9.74. The number of hydrogen-bond acceptors (Lipinski definition) is 5. The quantitative estimate of drug-likeness (QED) is 0.186. The van der Waals surface area contributed by atoms with Gasteiger partial charge in [-0.3, -0.25) is 28.4 Å². The highest BCUT2D eigenvalue weighted by Gasteiger charge is 2.45. The third kappa shape index (κ3) is 7.08. The van der Waals surface area contributed by atoms with Crippen molar-refractivity contribution >= 4 is 40.9 Å². The van der Waals surface area contributed by atoms with Gasteiger partial charge in [-0.05, 0) is 51.9 Å². The molecule has 1 aliphatic carbocycles. The summed E-state index contributed by atoms with van der Waals surface area (Å²) in [7, 11) is 0. The van der Waals surface area contributed by atoms with E-state index in [1.807, 2.05) is 0 Å². The van der Waals surface area contributed by atoms with Gasteiger partial charge in [-0.15, -0.1) is 0 Å². The van der Waals surface area contributed by atoms with Crippen LogP contribution >= 0.6 is 23.2 Å². The summed E-state index contributed by atoms with van der Waals surface area (Å²) >= 11 is 12.1. The molecule has 1 aliphatic rings. The minimum Gasteiger partial charge on any atom is -0.481 e. The smallest absolute Gasteiger partial charge is 0.433 e. The molecule has 0 unspecified atom stereocenters. The number of hydrogen-bond donors (Lipinski definition) is 1. The fourth-order valence-corrected chi connectivity index (χ4v) is 5.28. The number of nitrogens with zero attached hydrogens (tertiary/aromatic N) is 4. The van der Waals surface area contributed by atoms with Crippen LogP contribution in [0.5, 0.6) is 0 Å². The molecule has 2 heterocycles. The Balaban J connectivity index is 1.93. The summed E-state index contributed by atoms with van der Waals surface area (Å²) in [5, 5.41) is 13.2. The molecule has 0 atom stereocenters. The fraction of sp³-hybridized carbons (Fsp3) is 0.560. The van der Waals surface area contributed by atoms with E-state index in [4.69, 9.17) is 23.2 Å². The van der Waals surface area contributed by atoms with Crippen LogP contribution in [0.25, 0.3) is 0 Å². The van der Waals surface area contributed by atoms with Gasteiger partial charge in [0.25, 0.3) is 5.91 Å². The number of rotatable bonds is 11. The maximum Gasteiger partial charge on any atom is 0.433 e. The number of carbonyl (C=O) groups is 3. The largest absolute Gasteiger partial charge is 0.481 e. The molecular formula is C25H28Cl2F4N4O4. The van der Waals surface area contributed by atoms with Gasteiger partial charge in [0.1, 0.15) is 0 Å².